The average molecular weight is 522 g/mol. The molecule has 3 atom stereocenters. The Morgan fingerprint density at radius 1 is 0.974 bits per heavy atom. The van der Waals surface area contributed by atoms with Crippen molar-refractivity contribution in [2.24, 2.45) is 17.6 Å². The fourth-order valence-corrected chi connectivity index (χ4v) is 6.82. The molecule has 0 radical (unpaired) electrons. The van der Waals surface area contributed by atoms with Gasteiger partial charge in [0.05, 0.1) is 0 Å². The van der Waals surface area contributed by atoms with Gasteiger partial charge in [-0.25, -0.2) is 0 Å². The molecule has 3 aromatic carbocycles. The van der Waals surface area contributed by atoms with E-state index in [0.29, 0.717) is 24.1 Å². The van der Waals surface area contributed by atoms with Crippen LogP contribution in [0.3, 0.4) is 0 Å². The second-order valence-corrected chi connectivity index (χ2v) is 12.2. The maximum absolute atomic E-state index is 13.1. The van der Waals surface area contributed by atoms with E-state index in [1.807, 2.05) is 18.2 Å². The Morgan fingerprint density at radius 2 is 1.64 bits per heavy atom. The summed E-state index contributed by atoms with van der Waals surface area (Å²) in [5, 5.41) is 3.14. The number of nitrogens with one attached hydrogen (secondary N) is 1. The minimum absolute atomic E-state index is 0.00788. The third-order valence-corrected chi connectivity index (χ3v) is 9.73. The first kappa shape index (κ1) is 25.8. The van der Waals surface area contributed by atoms with E-state index in [2.05, 4.69) is 60.5 Å². The summed E-state index contributed by atoms with van der Waals surface area (Å²) in [5.41, 5.74) is 12.9. The number of amides is 2. The third kappa shape index (κ3) is 5.12. The summed E-state index contributed by atoms with van der Waals surface area (Å²) >= 11 is 0. The fourth-order valence-electron chi connectivity index (χ4n) is 6.82. The van der Waals surface area contributed by atoms with Crippen LogP contribution in [0.5, 0.6) is 0 Å². The Labute approximate surface area is 231 Å². The summed E-state index contributed by atoms with van der Waals surface area (Å²) in [7, 11) is 0. The van der Waals surface area contributed by atoms with Gasteiger partial charge in [-0.3, -0.25) is 14.5 Å². The molecule has 3 N–H and O–H groups in total. The number of benzene rings is 3. The van der Waals surface area contributed by atoms with Gasteiger partial charge in [-0.05, 0) is 108 Å². The Bertz CT molecular complexity index is 1380. The standard InChI is InChI=1S/C34H39N3O2/c1-22-31-20-28-13-14-29(19-30(28)34(22,2)16-18-37(31)21-24-3-4-24)33(39)36-17-15-23-5-7-25(8-6-23)26-9-11-27(12-10-26)32(35)38/h5-14,19,22,24,31H,3-4,15-18,20-21H2,1-2H3,(H2,35,38)(H,36,39)/t22-,31?,34-/m0/s1. The molecule has 1 unspecified atom stereocenters. The third-order valence-electron chi connectivity index (χ3n) is 9.73. The van der Waals surface area contributed by atoms with Gasteiger partial charge in [-0.15, -0.1) is 0 Å². The lowest BCUT2D eigenvalue weighted by molar-refractivity contribution is 0.0284. The van der Waals surface area contributed by atoms with E-state index < -0.39 is 5.91 Å². The highest BCUT2D eigenvalue weighted by atomic mass is 16.2. The monoisotopic (exact) mass is 521 g/mol. The topological polar surface area (TPSA) is 75.4 Å². The number of rotatable bonds is 8. The molecule has 0 spiro atoms. The quantitative estimate of drug-likeness (QED) is 0.419. The average Bonchev–Trinajstić information content (AvgIpc) is 3.77. The number of carbonyl (C=O) groups excluding carboxylic acids is 2. The summed E-state index contributed by atoms with van der Waals surface area (Å²) in [6, 6.07) is 22.7. The zero-order valence-electron chi connectivity index (χ0n) is 23.1. The second-order valence-electron chi connectivity index (χ2n) is 12.2. The van der Waals surface area contributed by atoms with Crippen LogP contribution in [0.25, 0.3) is 11.1 Å². The molecule has 202 valence electrons. The highest BCUT2D eigenvalue weighted by molar-refractivity contribution is 5.94. The van der Waals surface area contributed by atoms with Crippen molar-refractivity contribution in [2.45, 2.75) is 57.4 Å². The van der Waals surface area contributed by atoms with Gasteiger partial charge in [0.15, 0.2) is 0 Å². The van der Waals surface area contributed by atoms with Crippen LogP contribution in [0.1, 0.15) is 70.5 Å². The first-order valence-electron chi connectivity index (χ1n) is 14.5. The Balaban J connectivity index is 1.07. The number of piperidine rings is 1. The van der Waals surface area contributed by atoms with Gasteiger partial charge in [-0.2, -0.15) is 0 Å². The van der Waals surface area contributed by atoms with E-state index in [9.17, 15) is 9.59 Å². The van der Waals surface area contributed by atoms with Crippen molar-refractivity contribution in [1.29, 1.82) is 0 Å². The molecule has 1 saturated carbocycles. The largest absolute Gasteiger partial charge is 0.366 e. The molecule has 6 rings (SSSR count). The van der Waals surface area contributed by atoms with Crippen LogP contribution < -0.4 is 11.1 Å². The molecule has 2 amide bonds. The highest BCUT2D eigenvalue weighted by Crippen LogP contribution is 2.49. The molecule has 2 aliphatic carbocycles. The van der Waals surface area contributed by atoms with Gasteiger partial charge in [0, 0.05) is 30.3 Å². The predicted octanol–water partition coefficient (Wildman–Crippen LogP) is 5.36. The number of primary amides is 1. The SMILES string of the molecule is C[C@H]1C2Cc3ccc(C(=O)NCCc4ccc(-c5ccc(C(N)=O)cc5)cc4)cc3[C@@]1(C)CCN2CC1CC1. The summed E-state index contributed by atoms with van der Waals surface area (Å²) in [6.07, 6.45) is 5.85. The van der Waals surface area contributed by atoms with Gasteiger partial charge >= 0.3 is 0 Å². The summed E-state index contributed by atoms with van der Waals surface area (Å²) in [4.78, 5) is 27.2. The van der Waals surface area contributed by atoms with E-state index in [0.717, 1.165) is 35.4 Å². The summed E-state index contributed by atoms with van der Waals surface area (Å²) in [6.45, 7) is 7.90. The Morgan fingerprint density at radius 3 is 2.31 bits per heavy atom. The number of nitrogens with zero attached hydrogens (tertiary/aromatic N) is 1. The van der Waals surface area contributed by atoms with Crippen LogP contribution in [0.4, 0.5) is 0 Å². The molecule has 1 heterocycles. The number of hydrogen-bond acceptors (Lipinski definition) is 3. The number of nitrogens with two attached hydrogens (primary N) is 1. The van der Waals surface area contributed by atoms with Gasteiger partial charge in [0.2, 0.25) is 5.91 Å². The van der Waals surface area contributed by atoms with Crippen molar-refractivity contribution in [3.63, 3.8) is 0 Å². The number of likely N-dealkylation sites (tertiary alicyclic amines) is 1. The molecule has 1 saturated heterocycles. The van der Waals surface area contributed by atoms with E-state index in [-0.39, 0.29) is 11.3 Å². The van der Waals surface area contributed by atoms with Crippen LogP contribution >= 0.6 is 0 Å². The Kier molecular flexibility index (Phi) is 6.80. The van der Waals surface area contributed by atoms with Crippen molar-refractivity contribution in [3.05, 3.63) is 94.5 Å². The minimum atomic E-state index is -0.420. The first-order valence-corrected chi connectivity index (χ1v) is 14.5. The van der Waals surface area contributed by atoms with Gasteiger partial charge in [0.1, 0.15) is 0 Å². The van der Waals surface area contributed by atoms with Gasteiger partial charge in [0.25, 0.3) is 5.91 Å². The van der Waals surface area contributed by atoms with Crippen molar-refractivity contribution in [2.75, 3.05) is 19.6 Å². The maximum atomic E-state index is 13.1. The van der Waals surface area contributed by atoms with E-state index in [1.54, 1.807) is 12.1 Å². The zero-order chi connectivity index (χ0) is 27.1. The Hall–Kier alpha value is -3.44. The van der Waals surface area contributed by atoms with Crippen LogP contribution in [0.2, 0.25) is 0 Å². The van der Waals surface area contributed by atoms with Crippen molar-refractivity contribution < 1.29 is 9.59 Å². The van der Waals surface area contributed by atoms with Crippen molar-refractivity contribution >= 4 is 11.8 Å². The molecule has 3 aliphatic rings. The smallest absolute Gasteiger partial charge is 0.251 e. The number of carbonyl (C=O) groups is 2. The van der Waals surface area contributed by atoms with Gasteiger partial charge < -0.3 is 11.1 Å². The van der Waals surface area contributed by atoms with Crippen molar-refractivity contribution in [3.8, 4) is 11.1 Å². The van der Waals surface area contributed by atoms with E-state index in [1.165, 1.54) is 49.0 Å². The fraction of sp³-hybridized carbons (Fsp3) is 0.412. The van der Waals surface area contributed by atoms with Gasteiger partial charge in [-0.1, -0.05) is 56.3 Å². The summed E-state index contributed by atoms with van der Waals surface area (Å²) < 4.78 is 0. The molecule has 0 aromatic heterocycles. The van der Waals surface area contributed by atoms with Crippen LogP contribution in [0.15, 0.2) is 66.7 Å². The molecular formula is C34H39N3O2. The zero-order valence-corrected chi connectivity index (χ0v) is 23.1. The second kappa shape index (κ2) is 10.3. The normalized spacial score (nSPS) is 24.2. The molecule has 5 heteroatoms. The first-order chi connectivity index (χ1) is 18.8. The molecule has 5 nitrogen and oxygen atoms in total. The molecule has 2 fully saturated rings. The number of hydrogen-bond donors (Lipinski definition) is 2. The highest BCUT2D eigenvalue weighted by Gasteiger charge is 2.49. The lowest BCUT2D eigenvalue weighted by Crippen LogP contribution is -2.58. The van der Waals surface area contributed by atoms with Crippen LogP contribution in [-0.2, 0) is 18.3 Å². The summed E-state index contributed by atoms with van der Waals surface area (Å²) in [5.74, 6) is 1.11. The predicted molar refractivity (Wildman–Crippen MR) is 156 cm³/mol. The van der Waals surface area contributed by atoms with Crippen LogP contribution in [-0.4, -0.2) is 42.4 Å². The number of fused-ring (bicyclic) bond motifs is 4. The minimum Gasteiger partial charge on any atom is -0.366 e. The van der Waals surface area contributed by atoms with Crippen molar-refractivity contribution in [1.82, 2.24) is 10.2 Å². The lowest BCUT2D eigenvalue weighted by Gasteiger charge is -2.55. The van der Waals surface area contributed by atoms with E-state index >= 15 is 0 Å². The lowest BCUT2D eigenvalue weighted by atomic mass is 9.59. The molecule has 3 aromatic rings. The molecule has 2 bridgehead atoms. The molecule has 39 heavy (non-hydrogen) atoms. The molecule has 1 aliphatic heterocycles. The molecular weight excluding hydrogens is 482 g/mol. The maximum Gasteiger partial charge on any atom is 0.251 e. The van der Waals surface area contributed by atoms with Crippen LogP contribution in [0, 0.1) is 11.8 Å². The van der Waals surface area contributed by atoms with E-state index in [4.69, 9.17) is 5.73 Å².